The van der Waals surface area contributed by atoms with E-state index < -0.39 is 0 Å². The first-order valence-electron chi connectivity index (χ1n) is 6.58. The lowest BCUT2D eigenvalue weighted by Crippen LogP contribution is -2.19. The minimum absolute atomic E-state index is 0.296. The Morgan fingerprint density at radius 2 is 1.95 bits per heavy atom. The topological polar surface area (TPSA) is 47.0 Å². The van der Waals surface area contributed by atoms with Crippen molar-refractivity contribution < 1.29 is 9.13 Å². The maximum Gasteiger partial charge on any atom is 0.238 e. The van der Waals surface area contributed by atoms with Crippen LogP contribution in [0.5, 0.6) is 11.6 Å². The largest absolute Gasteiger partial charge is 0.437 e. The fourth-order valence-electron chi connectivity index (χ4n) is 1.63. The van der Waals surface area contributed by atoms with Crippen LogP contribution in [0.15, 0.2) is 36.7 Å². The Kier molecular flexibility index (Phi) is 5.01. The number of hydrogen-bond acceptors (Lipinski definition) is 4. The summed E-state index contributed by atoms with van der Waals surface area (Å²) in [6.07, 6.45) is 3.24. The van der Waals surface area contributed by atoms with Crippen LogP contribution in [0.2, 0.25) is 0 Å². The molecule has 106 valence electrons. The molecule has 2 aromatic rings. The molecule has 1 aromatic carbocycles. The maximum absolute atomic E-state index is 12.8. The standard InChI is InChI=1S/C15H18FN3O/c1-11(2)7-17-8-13-9-18-10-15(19-13)20-14-5-3-12(16)4-6-14/h3-6,9-11,17H,7-8H2,1-2H3. The van der Waals surface area contributed by atoms with E-state index in [1.54, 1.807) is 18.3 Å². The van der Waals surface area contributed by atoms with Gasteiger partial charge in [-0.1, -0.05) is 13.8 Å². The summed E-state index contributed by atoms with van der Waals surface area (Å²) < 4.78 is 18.3. The lowest BCUT2D eigenvalue weighted by molar-refractivity contribution is 0.453. The first-order chi connectivity index (χ1) is 9.63. The van der Waals surface area contributed by atoms with Gasteiger partial charge >= 0.3 is 0 Å². The van der Waals surface area contributed by atoms with Crippen LogP contribution in [-0.2, 0) is 6.54 Å². The number of benzene rings is 1. The van der Waals surface area contributed by atoms with Gasteiger partial charge in [0.05, 0.1) is 11.9 Å². The van der Waals surface area contributed by atoms with Crippen molar-refractivity contribution in [1.82, 2.24) is 15.3 Å². The second-order valence-corrected chi connectivity index (χ2v) is 4.93. The summed E-state index contributed by atoms with van der Waals surface area (Å²) in [6, 6.07) is 5.80. The first kappa shape index (κ1) is 14.4. The Balaban J connectivity index is 1.96. The average molecular weight is 275 g/mol. The number of nitrogens with one attached hydrogen (secondary N) is 1. The Morgan fingerprint density at radius 3 is 2.65 bits per heavy atom. The average Bonchev–Trinajstić information content (AvgIpc) is 2.41. The molecule has 0 fully saturated rings. The number of aromatic nitrogens is 2. The van der Waals surface area contributed by atoms with Gasteiger partial charge in [-0.3, -0.25) is 4.98 Å². The van der Waals surface area contributed by atoms with Gasteiger partial charge < -0.3 is 10.1 Å². The molecule has 1 N–H and O–H groups in total. The molecule has 0 saturated carbocycles. The van der Waals surface area contributed by atoms with Crippen LogP contribution >= 0.6 is 0 Å². The van der Waals surface area contributed by atoms with Gasteiger partial charge in [0.15, 0.2) is 0 Å². The van der Waals surface area contributed by atoms with Crippen LogP contribution in [0.3, 0.4) is 0 Å². The van der Waals surface area contributed by atoms with Crippen molar-refractivity contribution in [1.29, 1.82) is 0 Å². The highest BCUT2D eigenvalue weighted by atomic mass is 19.1. The van der Waals surface area contributed by atoms with E-state index in [-0.39, 0.29) is 5.82 Å². The van der Waals surface area contributed by atoms with E-state index in [2.05, 4.69) is 29.1 Å². The molecule has 0 atom stereocenters. The first-order valence-corrected chi connectivity index (χ1v) is 6.58. The number of nitrogens with zero attached hydrogens (tertiary/aromatic N) is 2. The summed E-state index contributed by atoms with van der Waals surface area (Å²) in [6.45, 7) is 5.86. The molecule has 0 aliphatic carbocycles. The molecule has 0 unspecified atom stereocenters. The van der Waals surface area contributed by atoms with Crippen molar-refractivity contribution >= 4 is 0 Å². The zero-order chi connectivity index (χ0) is 14.4. The molecule has 0 aliphatic heterocycles. The van der Waals surface area contributed by atoms with Gasteiger partial charge in [-0.25, -0.2) is 9.37 Å². The van der Waals surface area contributed by atoms with Crippen LogP contribution < -0.4 is 10.1 Å². The van der Waals surface area contributed by atoms with E-state index in [0.29, 0.717) is 24.1 Å². The Hall–Kier alpha value is -2.01. The van der Waals surface area contributed by atoms with Crippen LogP contribution in [-0.4, -0.2) is 16.5 Å². The number of halogens is 1. The molecular formula is C15H18FN3O. The van der Waals surface area contributed by atoms with Crippen molar-refractivity contribution in [3.63, 3.8) is 0 Å². The number of rotatable bonds is 6. The van der Waals surface area contributed by atoms with Crippen LogP contribution in [0, 0.1) is 11.7 Å². The molecule has 5 heteroatoms. The molecule has 0 spiro atoms. The van der Waals surface area contributed by atoms with Gasteiger partial charge in [-0.05, 0) is 36.7 Å². The van der Waals surface area contributed by atoms with Gasteiger partial charge in [0.25, 0.3) is 0 Å². The van der Waals surface area contributed by atoms with E-state index in [9.17, 15) is 4.39 Å². The SMILES string of the molecule is CC(C)CNCc1cncc(Oc2ccc(F)cc2)n1. The lowest BCUT2D eigenvalue weighted by Gasteiger charge is -2.08. The number of ether oxygens (including phenoxy) is 1. The van der Waals surface area contributed by atoms with Gasteiger partial charge in [0.2, 0.25) is 5.88 Å². The molecule has 0 saturated heterocycles. The summed E-state index contributed by atoms with van der Waals surface area (Å²) in [5.41, 5.74) is 0.810. The Morgan fingerprint density at radius 1 is 1.20 bits per heavy atom. The normalized spacial score (nSPS) is 10.8. The highest BCUT2D eigenvalue weighted by molar-refractivity contribution is 5.26. The predicted molar refractivity (Wildman–Crippen MR) is 75.1 cm³/mol. The third kappa shape index (κ3) is 4.59. The summed E-state index contributed by atoms with van der Waals surface area (Å²) in [4.78, 5) is 8.44. The van der Waals surface area contributed by atoms with Gasteiger partial charge in [-0.2, -0.15) is 0 Å². The fraction of sp³-hybridized carbons (Fsp3) is 0.333. The minimum Gasteiger partial charge on any atom is -0.437 e. The summed E-state index contributed by atoms with van der Waals surface area (Å²) >= 11 is 0. The zero-order valence-corrected chi connectivity index (χ0v) is 11.6. The molecule has 20 heavy (non-hydrogen) atoms. The molecule has 0 amide bonds. The Labute approximate surface area is 118 Å². The van der Waals surface area contributed by atoms with Crippen LogP contribution in [0.25, 0.3) is 0 Å². The van der Waals surface area contributed by atoms with Gasteiger partial charge in [-0.15, -0.1) is 0 Å². The van der Waals surface area contributed by atoms with E-state index in [4.69, 9.17) is 4.74 Å². The van der Waals surface area contributed by atoms with Crippen molar-refractivity contribution in [2.75, 3.05) is 6.54 Å². The third-order valence-corrected chi connectivity index (χ3v) is 2.56. The third-order valence-electron chi connectivity index (χ3n) is 2.56. The molecule has 0 bridgehead atoms. The van der Waals surface area contributed by atoms with Crippen molar-refractivity contribution in [2.45, 2.75) is 20.4 Å². The molecule has 1 heterocycles. The highest BCUT2D eigenvalue weighted by Crippen LogP contribution is 2.18. The smallest absolute Gasteiger partial charge is 0.238 e. The van der Waals surface area contributed by atoms with E-state index >= 15 is 0 Å². The minimum atomic E-state index is -0.296. The van der Waals surface area contributed by atoms with Crippen LogP contribution in [0.4, 0.5) is 4.39 Å². The molecule has 0 radical (unpaired) electrons. The molecule has 1 aromatic heterocycles. The summed E-state index contributed by atoms with van der Waals surface area (Å²) in [5.74, 6) is 1.23. The van der Waals surface area contributed by atoms with E-state index in [1.807, 2.05) is 0 Å². The zero-order valence-electron chi connectivity index (χ0n) is 11.6. The summed E-state index contributed by atoms with van der Waals surface area (Å²) in [5, 5.41) is 3.29. The number of hydrogen-bond donors (Lipinski definition) is 1. The van der Waals surface area contributed by atoms with Gasteiger partial charge in [0.1, 0.15) is 11.6 Å². The van der Waals surface area contributed by atoms with Crippen molar-refractivity contribution in [2.24, 2.45) is 5.92 Å². The molecule has 2 rings (SSSR count). The lowest BCUT2D eigenvalue weighted by atomic mass is 10.2. The van der Waals surface area contributed by atoms with Crippen molar-refractivity contribution in [3.8, 4) is 11.6 Å². The summed E-state index contributed by atoms with van der Waals surface area (Å²) in [7, 11) is 0. The van der Waals surface area contributed by atoms with Crippen LogP contribution in [0.1, 0.15) is 19.5 Å². The van der Waals surface area contributed by atoms with Gasteiger partial charge in [0, 0.05) is 12.7 Å². The van der Waals surface area contributed by atoms with Crippen molar-refractivity contribution in [3.05, 3.63) is 48.2 Å². The molecular weight excluding hydrogens is 257 g/mol. The van der Waals surface area contributed by atoms with E-state index in [0.717, 1.165) is 12.2 Å². The second kappa shape index (κ2) is 6.96. The predicted octanol–water partition coefficient (Wildman–Crippen LogP) is 3.15. The second-order valence-electron chi connectivity index (χ2n) is 4.93. The quantitative estimate of drug-likeness (QED) is 0.879. The Bertz CT molecular complexity index is 543. The monoisotopic (exact) mass is 275 g/mol. The maximum atomic E-state index is 12.8. The fourth-order valence-corrected chi connectivity index (χ4v) is 1.63. The molecule has 0 aliphatic rings. The highest BCUT2D eigenvalue weighted by Gasteiger charge is 2.02. The van der Waals surface area contributed by atoms with E-state index in [1.165, 1.54) is 18.3 Å². The molecule has 4 nitrogen and oxygen atoms in total.